The molecule has 104 valence electrons. The molecule has 0 atom stereocenters. The van der Waals surface area contributed by atoms with Crippen LogP contribution in [0.1, 0.15) is 32.6 Å². The van der Waals surface area contributed by atoms with Gasteiger partial charge in [-0.3, -0.25) is 0 Å². The first kappa shape index (κ1) is 17.2. The quantitative estimate of drug-likeness (QED) is 0.532. The van der Waals surface area contributed by atoms with Crippen molar-refractivity contribution < 1.29 is 8.42 Å². The van der Waals surface area contributed by atoms with Gasteiger partial charge in [-0.05, 0) is 50.8 Å². The van der Waals surface area contributed by atoms with Crippen LogP contribution in [-0.4, -0.2) is 45.8 Å². The minimum atomic E-state index is -3.05. The van der Waals surface area contributed by atoms with E-state index in [2.05, 4.69) is 23.2 Å². The van der Waals surface area contributed by atoms with E-state index in [1.165, 1.54) is 0 Å². The topological polar surface area (TPSA) is 58.2 Å². The van der Waals surface area contributed by atoms with Gasteiger partial charge in [-0.2, -0.15) is 11.8 Å². The van der Waals surface area contributed by atoms with E-state index in [-0.39, 0.29) is 5.75 Å². The average Bonchev–Trinajstić information content (AvgIpc) is 2.28. The first-order valence-electron chi connectivity index (χ1n) is 6.29. The van der Waals surface area contributed by atoms with Gasteiger partial charge in [0.05, 0.1) is 5.75 Å². The van der Waals surface area contributed by atoms with Gasteiger partial charge in [-0.25, -0.2) is 13.1 Å². The van der Waals surface area contributed by atoms with Crippen LogP contribution in [0, 0.1) is 0 Å². The van der Waals surface area contributed by atoms with Gasteiger partial charge >= 0.3 is 0 Å². The Kier molecular flexibility index (Phi) is 11.5. The number of nitrogens with one attached hydrogen (secondary N) is 2. The van der Waals surface area contributed by atoms with Crippen LogP contribution in [0.15, 0.2) is 0 Å². The number of sulfonamides is 1. The van der Waals surface area contributed by atoms with Crippen LogP contribution in [0.5, 0.6) is 0 Å². The summed E-state index contributed by atoms with van der Waals surface area (Å²) in [4.78, 5) is 0. The van der Waals surface area contributed by atoms with Crippen molar-refractivity contribution in [2.24, 2.45) is 0 Å². The summed E-state index contributed by atoms with van der Waals surface area (Å²) in [6.07, 6.45) is 5.82. The van der Waals surface area contributed by atoms with E-state index < -0.39 is 10.0 Å². The minimum absolute atomic E-state index is 0.228. The van der Waals surface area contributed by atoms with Gasteiger partial charge in [0.2, 0.25) is 10.0 Å². The Morgan fingerprint density at radius 3 is 2.47 bits per heavy atom. The standard InChI is InChI=1S/C11H26N2O2S2/c1-3-7-12-8-6-11-17(14,15)13-9-4-5-10-16-2/h12-13H,3-11H2,1-2H3. The molecule has 2 N–H and O–H groups in total. The fourth-order valence-electron chi connectivity index (χ4n) is 1.36. The third-order valence-electron chi connectivity index (χ3n) is 2.29. The van der Waals surface area contributed by atoms with Crippen molar-refractivity contribution >= 4 is 21.8 Å². The Morgan fingerprint density at radius 2 is 1.82 bits per heavy atom. The number of thioether (sulfide) groups is 1. The van der Waals surface area contributed by atoms with Gasteiger partial charge in [-0.15, -0.1) is 0 Å². The predicted octanol–water partition coefficient (Wildman–Crippen LogP) is 1.44. The van der Waals surface area contributed by atoms with Crippen LogP contribution in [0.2, 0.25) is 0 Å². The van der Waals surface area contributed by atoms with Crippen LogP contribution >= 0.6 is 11.8 Å². The Bertz CT molecular complexity index is 236. The molecular formula is C11H26N2O2S2. The van der Waals surface area contributed by atoms with E-state index in [4.69, 9.17) is 0 Å². The van der Waals surface area contributed by atoms with E-state index in [0.717, 1.165) is 38.1 Å². The van der Waals surface area contributed by atoms with Gasteiger partial charge in [0.15, 0.2) is 0 Å². The second-order valence-electron chi connectivity index (χ2n) is 4.02. The molecule has 0 spiro atoms. The summed E-state index contributed by atoms with van der Waals surface area (Å²) >= 11 is 1.80. The van der Waals surface area contributed by atoms with E-state index in [0.29, 0.717) is 13.0 Å². The van der Waals surface area contributed by atoms with E-state index in [1.807, 2.05) is 0 Å². The molecule has 0 aliphatic rings. The zero-order chi connectivity index (χ0) is 13.0. The summed E-state index contributed by atoms with van der Waals surface area (Å²) in [5.41, 5.74) is 0. The number of hydrogen-bond acceptors (Lipinski definition) is 4. The molecule has 0 aromatic carbocycles. The van der Waals surface area contributed by atoms with Crippen LogP contribution in [0.25, 0.3) is 0 Å². The SMILES string of the molecule is CCCNCCCS(=O)(=O)NCCCCSC. The summed E-state index contributed by atoms with van der Waals surface area (Å²) in [5.74, 6) is 1.33. The molecule has 17 heavy (non-hydrogen) atoms. The summed E-state index contributed by atoms with van der Waals surface area (Å²) in [6, 6.07) is 0. The molecule has 0 saturated heterocycles. The molecule has 0 aliphatic heterocycles. The molecule has 0 aromatic rings. The predicted molar refractivity (Wildman–Crippen MR) is 77.2 cm³/mol. The lowest BCUT2D eigenvalue weighted by atomic mass is 10.3. The summed E-state index contributed by atoms with van der Waals surface area (Å²) < 4.78 is 25.7. The van der Waals surface area contributed by atoms with Crippen molar-refractivity contribution in [3.8, 4) is 0 Å². The first-order chi connectivity index (χ1) is 8.12. The number of hydrogen-bond donors (Lipinski definition) is 2. The highest BCUT2D eigenvalue weighted by molar-refractivity contribution is 7.98. The third kappa shape index (κ3) is 12.5. The lowest BCUT2D eigenvalue weighted by Gasteiger charge is -2.07. The van der Waals surface area contributed by atoms with Crippen molar-refractivity contribution in [2.45, 2.75) is 32.6 Å². The van der Waals surface area contributed by atoms with Crippen LogP contribution in [0.4, 0.5) is 0 Å². The van der Waals surface area contributed by atoms with E-state index in [1.54, 1.807) is 11.8 Å². The third-order valence-corrected chi connectivity index (χ3v) is 4.46. The maximum Gasteiger partial charge on any atom is 0.211 e. The molecule has 0 heterocycles. The second-order valence-corrected chi connectivity index (χ2v) is 6.93. The fourth-order valence-corrected chi connectivity index (χ4v) is 2.98. The molecule has 0 bridgehead atoms. The van der Waals surface area contributed by atoms with Crippen molar-refractivity contribution in [3.63, 3.8) is 0 Å². The second kappa shape index (κ2) is 11.3. The normalized spacial score (nSPS) is 11.9. The molecule has 0 amide bonds. The monoisotopic (exact) mass is 282 g/mol. The Labute approximate surface area is 110 Å². The lowest BCUT2D eigenvalue weighted by Crippen LogP contribution is -2.29. The minimum Gasteiger partial charge on any atom is -0.317 e. The highest BCUT2D eigenvalue weighted by atomic mass is 32.2. The Hall–Kier alpha value is 0.220. The fraction of sp³-hybridized carbons (Fsp3) is 1.00. The van der Waals surface area contributed by atoms with Gasteiger partial charge in [0, 0.05) is 6.54 Å². The molecule has 6 heteroatoms. The molecule has 0 radical (unpaired) electrons. The highest BCUT2D eigenvalue weighted by Crippen LogP contribution is 1.98. The van der Waals surface area contributed by atoms with E-state index in [9.17, 15) is 8.42 Å². The maximum absolute atomic E-state index is 11.6. The van der Waals surface area contributed by atoms with Crippen LogP contribution in [-0.2, 0) is 10.0 Å². The van der Waals surface area contributed by atoms with Gasteiger partial charge in [0.1, 0.15) is 0 Å². The Morgan fingerprint density at radius 1 is 1.06 bits per heavy atom. The smallest absolute Gasteiger partial charge is 0.211 e. The summed E-state index contributed by atoms with van der Waals surface area (Å²) in [6.45, 7) is 4.41. The van der Waals surface area contributed by atoms with Crippen molar-refractivity contribution in [3.05, 3.63) is 0 Å². The molecule has 0 saturated carbocycles. The summed E-state index contributed by atoms with van der Waals surface area (Å²) in [7, 11) is -3.05. The molecule has 0 fully saturated rings. The maximum atomic E-state index is 11.6. The molecule has 4 nitrogen and oxygen atoms in total. The first-order valence-corrected chi connectivity index (χ1v) is 9.34. The van der Waals surface area contributed by atoms with Crippen LogP contribution < -0.4 is 10.0 Å². The number of rotatable bonds is 12. The molecule has 0 unspecified atom stereocenters. The lowest BCUT2D eigenvalue weighted by molar-refractivity contribution is 0.572. The largest absolute Gasteiger partial charge is 0.317 e. The summed E-state index contributed by atoms with van der Waals surface area (Å²) in [5, 5.41) is 3.20. The van der Waals surface area contributed by atoms with E-state index >= 15 is 0 Å². The number of unbranched alkanes of at least 4 members (excludes halogenated alkanes) is 1. The van der Waals surface area contributed by atoms with Gasteiger partial charge in [-0.1, -0.05) is 6.92 Å². The van der Waals surface area contributed by atoms with Crippen LogP contribution in [0.3, 0.4) is 0 Å². The zero-order valence-electron chi connectivity index (χ0n) is 11.0. The van der Waals surface area contributed by atoms with Crippen molar-refractivity contribution in [2.75, 3.05) is 37.4 Å². The van der Waals surface area contributed by atoms with Crippen molar-refractivity contribution in [1.29, 1.82) is 0 Å². The average molecular weight is 282 g/mol. The molecular weight excluding hydrogens is 256 g/mol. The Balaban J connectivity index is 3.46. The molecule has 0 aromatic heterocycles. The van der Waals surface area contributed by atoms with Crippen molar-refractivity contribution in [1.82, 2.24) is 10.0 Å². The molecule has 0 aliphatic carbocycles. The van der Waals surface area contributed by atoms with Gasteiger partial charge < -0.3 is 5.32 Å². The highest BCUT2D eigenvalue weighted by Gasteiger charge is 2.08. The molecule has 0 rings (SSSR count). The van der Waals surface area contributed by atoms with Gasteiger partial charge in [0.25, 0.3) is 0 Å². The zero-order valence-corrected chi connectivity index (χ0v) is 12.6.